The zero-order valence-electron chi connectivity index (χ0n) is 9.88. The average molecular weight is 210 g/mol. The predicted molar refractivity (Wildman–Crippen MR) is 60.6 cm³/mol. The summed E-state index contributed by atoms with van der Waals surface area (Å²) in [5.74, 6) is 1.11. The average Bonchev–Trinajstić information content (AvgIpc) is 2.92. The van der Waals surface area contributed by atoms with Crippen molar-refractivity contribution >= 4 is 5.91 Å². The number of hydrogen-bond donors (Lipinski definition) is 1. The second-order valence-corrected chi connectivity index (χ2v) is 5.10. The molecule has 2 rings (SSSR count). The van der Waals surface area contributed by atoms with E-state index in [2.05, 4.69) is 17.1 Å². The van der Waals surface area contributed by atoms with Gasteiger partial charge in [0.1, 0.15) is 0 Å². The SMILES string of the molecule is CCC1(C(=O)N2CCC(CNC)C2)CC1. The summed E-state index contributed by atoms with van der Waals surface area (Å²) >= 11 is 0. The molecule has 2 aliphatic rings. The molecule has 1 amide bonds. The second kappa shape index (κ2) is 4.12. The number of rotatable bonds is 4. The van der Waals surface area contributed by atoms with Crippen LogP contribution in [0.1, 0.15) is 32.6 Å². The molecular formula is C12H22N2O. The van der Waals surface area contributed by atoms with Crippen LogP contribution in [0.15, 0.2) is 0 Å². The summed E-state index contributed by atoms with van der Waals surface area (Å²) in [6.45, 7) is 5.14. The van der Waals surface area contributed by atoms with E-state index in [0.29, 0.717) is 11.8 Å². The molecule has 1 saturated carbocycles. The highest BCUT2D eigenvalue weighted by Crippen LogP contribution is 2.50. The first kappa shape index (κ1) is 10.9. The van der Waals surface area contributed by atoms with Crippen LogP contribution in [0.2, 0.25) is 0 Å². The van der Waals surface area contributed by atoms with Gasteiger partial charge in [-0.05, 0) is 45.2 Å². The van der Waals surface area contributed by atoms with Crippen molar-refractivity contribution in [2.75, 3.05) is 26.7 Å². The third-order valence-corrected chi connectivity index (χ3v) is 4.05. The Bertz CT molecular complexity index is 248. The lowest BCUT2D eigenvalue weighted by molar-refractivity contribution is -0.136. The van der Waals surface area contributed by atoms with Gasteiger partial charge in [0.2, 0.25) is 5.91 Å². The monoisotopic (exact) mass is 210 g/mol. The number of carbonyl (C=O) groups excluding carboxylic acids is 1. The normalized spacial score (nSPS) is 28.1. The van der Waals surface area contributed by atoms with E-state index in [9.17, 15) is 4.79 Å². The number of likely N-dealkylation sites (tertiary alicyclic amines) is 1. The van der Waals surface area contributed by atoms with Crippen molar-refractivity contribution in [1.29, 1.82) is 0 Å². The van der Waals surface area contributed by atoms with E-state index in [0.717, 1.165) is 38.9 Å². The van der Waals surface area contributed by atoms with E-state index >= 15 is 0 Å². The summed E-state index contributed by atoms with van der Waals surface area (Å²) < 4.78 is 0. The summed E-state index contributed by atoms with van der Waals surface area (Å²) in [5.41, 5.74) is 0.0640. The Morgan fingerprint density at radius 3 is 2.80 bits per heavy atom. The Balaban J connectivity index is 1.88. The maximum absolute atomic E-state index is 12.2. The van der Waals surface area contributed by atoms with Gasteiger partial charge in [0.05, 0.1) is 0 Å². The van der Waals surface area contributed by atoms with Crippen LogP contribution in [0.25, 0.3) is 0 Å². The van der Waals surface area contributed by atoms with Gasteiger partial charge in [0.15, 0.2) is 0 Å². The lowest BCUT2D eigenvalue weighted by Crippen LogP contribution is -2.36. The third-order valence-electron chi connectivity index (χ3n) is 4.05. The molecule has 0 aromatic rings. The number of nitrogens with one attached hydrogen (secondary N) is 1. The Labute approximate surface area is 92.2 Å². The Hall–Kier alpha value is -0.570. The third kappa shape index (κ3) is 2.03. The molecule has 1 N–H and O–H groups in total. The number of nitrogens with zero attached hydrogens (tertiary/aromatic N) is 1. The highest BCUT2D eigenvalue weighted by molar-refractivity contribution is 5.85. The maximum Gasteiger partial charge on any atom is 0.228 e. The molecule has 1 atom stereocenters. The molecule has 1 saturated heterocycles. The Kier molecular flexibility index (Phi) is 3.01. The fraction of sp³-hybridized carbons (Fsp3) is 0.917. The maximum atomic E-state index is 12.2. The van der Waals surface area contributed by atoms with Crippen molar-refractivity contribution in [3.63, 3.8) is 0 Å². The molecule has 3 heteroatoms. The van der Waals surface area contributed by atoms with Crippen molar-refractivity contribution in [1.82, 2.24) is 10.2 Å². The summed E-state index contributed by atoms with van der Waals surface area (Å²) in [4.78, 5) is 14.3. The number of amides is 1. The zero-order chi connectivity index (χ0) is 10.9. The van der Waals surface area contributed by atoms with Crippen LogP contribution in [0.3, 0.4) is 0 Å². The van der Waals surface area contributed by atoms with Crippen LogP contribution in [0.4, 0.5) is 0 Å². The summed E-state index contributed by atoms with van der Waals surface area (Å²) in [7, 11) is 1.99. The van der Waals surface area contributed by atoms with E-state index < -0.39 is 0 Å². The molecule has 1 heterocycles. The zero-order valence-corrected chi connectivity index (χ0v) is 9.88. The quantitative estimate of drug-likeness (QED) is 0.757. The molecule has 15 heavy (non-hydrogen) atoms. The van der Waals surface area contributed by atoms with E-state index in [4.69, 9.17) is 0 Å². The van der Waals surface area contributed by atoms with Crippen LogP contribution in [0.5, 0.6) is 0 Å². The fourth-order valence-electron chi connectivity index (χ4n) is 2.68. The van der Waals surface area contributed by atoms with Crippen LogP contribution in [-0.2, 0) is 4.79 Å². The number of hydrogen-bond acceptors (Lipinski definition) is 2. The van der Waals surface area contributed by atoms with Gasteiger partial charge in [-0.25, -0.2) is 0 Å². The van der Waals surface area contributed by atoms with E-state index in [-0.39, 0.29) is 5.41 Å². The minimum atomic E-state index is 0.0640. The van der Waals surface area contributed by atoms with Gasteiger partial charge in [-0.2, -0.15) is 0 Å². The number of carbonyl (C=O) groups is 1. The van der Waals surface area contributed by atoms with Crippen LogP contribution >= 0.6 is 0 Å². The van der Waals surface area contributed by atoms with E-state index in [1.54, 1.807) is 0 Å². The van der Waals surface area contributed by atoms with Gasteiger partial charge in [-0.3, -0.25) is 4.79 Å². The van der Waals surface area contributed by atoms with Crippen LogP contribution < -0.4 is 5.32 Å². The standard InChI is InChI=1S/C12H22N2O/c1-3-12(5-6-12)11(15)14-7-4-10(9-14)8-13-2/h10,13H,3-9H2,1-2H3. The topological polar surface area (TPSA) is 32.3 Å². The van der Waals surface area contributed by atoms with Crippen molar-refractivity contribution < 1.29 is 4.79 Å². The van der Waals surface area contributed by atoms with E-state index in [1.165, 1.54) is 6.42 Å². The Morgan fingerprint density at radius 1 is 1.53 bits per heavy atom. The molecule has 0 radical (unpaired) electrons. The summed E-state index contributed by atoms with van der Waals surface area (Å²) in [6.07, 6.45) is 4.44. The minimum absolute atomic E-state index is 0.0640. The molecule has 86 valence electrons. The van der Waals surface area contributed by atoms with Gasteiger partial charge < -0.3 is 10.2 Å². The molecular weight excluding hydrogens is 188 g/mol. The minimum Gasteiger partial charge on any atom is -0.342 e. The fourth-order valence-corrected chi connectivity index (χ4v) is 2.68. The van der Waals surface area contributed by atoms with Gasteiger partial charge in [0, 0.05) is 18.5 Å². The second-order valence-electron chi connectivity index (χ2n) is 5.10. The van der Waals surface area contributed by atoms with Crippen LogP contribution in [-0.4, -0.2) is 37.5 Å². The molecule has 3 nitrogen and oxygen atoms in total. The molecule has 1 unspecified atom stereocenters. The molecule has 0 spiro atoms. The van der Waals surface area contributed by atoms with Crippen molar-refractivity contribution in [3.05, 3.63) is 0 Å². The molecule has 0 aromatic heterocycles. The first-order valence-electron chi connectivity index (χ1n) is 6.16. The lowest BCUT2D eigenvalue weighted by Gasteiger charge is -2.22. The molecule has 1 aliphatic carbocycles. The molecule has 1 aliphatic heterocycles. The largest absolute Gasteiger partial charge is 0.342 e. The van der Waals surface area contributed by atoms with Gasteiger partial charge in [0.25, 0.3) is 0 Å². The first-order valence-corrected chi connectivity index (χ1v) is 6.16. The highest BCUT2D eigenvalue weighted by Gasteiger charge is 2.50. The molecule has 0 bridgehead atoms. The lowest BCUT2D eigenvalue weighted by atomic mass is 10.0. The summed E-state index contributed by atoms with van der Waals surface area (Å²) in [5, 5.41) is 3.20. The molecule has 2 fully saturated rings. The first-order chi connectivity index (χ1) is 7.22. The predicted octanol–water partition coefficient (Wildman–Crippen LogP) is 1.24. The highest BCUT2D eigenvalue weighted by atomic mass is 16.2. The Morgan fingerprint density at radius 2 is 2.27 bits per heavy atom. The van der Waals surface area contributed by atoms with Gasteiger partial charge in [-0.15, -0.1) is 0 Å². The van der Waals surface area contributed by atoms with Crippen LogP contribution in [0, 0.1) is 11.3 Å². The summed E-state index contributed by atoms with van der Waals surface area (Å²) in [6, 6.07) is 0. The van der Waals surface area contributed by atoms with Crippen molar-refractivity contribution in [3.8, 4) is 0 Å². The van der Waals surface area contributed by atoms with E-state index in [1.807, 2.05) is 7.05 Å². The smallest absolute Gasteiger partial charge is 0.228 e. The molecule has 0 aromatic carbocycles. The van der Waals surface area contributed by atoms with Gasteiger partial charge in [-0.1, -0.05) is 6.92 Å². The van der Waals surface area contributed by atoms with Gasteiger partial charge >= 0.3 is 0 Å². The van der Waals surface area contributed by atoms with Crippen molar-refractivity contribution in [2.45, 2.75) is 32.6 Å². The van der Waals surface area contributed by atoms with Crippen molar-refractivity contribution in [2.24, 2.45) is 11.3 Å².